The first-order valence-corrected chi connectivity index (χ1v) is 9.48. The summed E-state index contributed by atoms with van der Waals surface area (Å²) >= 11 is 0. The Bertz CT molecular complexity index is 1120. The highest BCUT2D eigenvalue weighted by atomic mass is 16.5. The molecule has 154 valence electrons. The molecule has 30 heavy (non-hydrogen) atoms. The monoisotopic (exact) mass is 406 g/mol. The third kappa shape index (κ3) is 3.59. The van der Waals surface area contributed by atoms with Crippen molar-refractivity contribution in [1.82, 2.24) is 9.78 Å². The van der Waals surface area contributed by atoms with Gasteiger partial charge in [-0.05, 0) is 36.8 Å². The number of aryl methyl sites for hydroxylation is 1. The van der Waals surface area contributed by atoms with Crippen molar-refractivity contribution in [1.29, 1.82) is 0 Å². The van der Waals surface area contributed by atoms with Gasteiger partial charge in [0.15, 0.2) is 0 Å². The number of nitrogens with one attached hydrogen (secondary N) is 2. The van der Waals surface area contributed by atoms with Crippen molar-refractivity contribution < 1.29 is 19.1 Å². The van der Waals surface area contributed by atoms with Gasteiger partial charge < -0.3 is 20.1 Å². The predicted molar refractivity (Wildman–Crippen MR) is 113 cm³/mol. The second-order valence-electron chi connectivity index (χ2n) is 6.97. The summed E-state index contributed by atoms with van der Waals surface area (Å²) in [5, 5.41) is 10.2. The zero-order chi connectivity index (χ0) is 21.3. The molecule has 0 fully saturated rings. The van der Waals surface area contributed by atoms with Crippen molar-refractivity contribution in [2.75, 3.05) is 24.9 Å². The number of methoxy groups -OCH3 is 2. The Morgan fingerprint density at radius 3 is 2.57 bits per heavy atom. The standard InChI is InChI=1S/C22H22N4O4/c1-13-20(14-6-4-8-16(10-14)29-2)21-24-22(28)18(26(21)25-13)12-19(27)23-15-7-5-9-17(11-15)30-3/h4-11,18H,12H2,1-3H3,(H,23,27)(H,24,28). The molecule has 1 aromatic heterocycles. The summed E-state index contributed by atoms with van der Waals surface area (Å²) < 4.78 is 12.1. The molecule has 2 amide bonds. The SMILES string of the molecule is COc1cccc(NC(=O)CC2C(=O)Nc3c(-c4cccc(OC)c4)c(C)nn32)c1. The van der Waals surface area contributed by atoms with Crippen LogP contribution in [-0.2, 0) is 9.59 Å². The van der Waals surface area contributed by atoms with Crippen LogP contribution in [0.5, 0.6) is 11.5 Å². The molecule has 1 unspecified atom stereocenters. The van der Waals surface area contributed by atoms with E-state index in [-0.39, 0.29) is 18.2 Å². The Labute approximate surface area is 173 Å². The maximum absolute atomic E-state index is 12.6. The van der Waals surface area contributed by atoms with Crippen molar-refractivity contribution >= 4 is 23.3 Å². The fourth-order valence-electron chi connectivity index (χ4n) is 3.60. The van der Waals surface area contributed by atoms with Gasteiger partial charge in [-0.3, -0.25) is 9.59 Å². The average molecular weight is 406 g/mol. The topological polar surface area (TPSA) is 94.5 Å². The highest BCUT2D eigenvalue weighted by Crippen LogP contribution is 2.39. The Kier molecular flexibility index (Phi) is 5.14. The Morgan fingerprint density at radius 2 is 1.83 bits per heavy atom. The predicted octanol–water partition coefficient (Wildman–Crippen LogP) is 3.40. The van der Waals surface area contributed by atoms with Gasteiger partial charge in [-0.15, -0.1) is 0 Å². The van der Waals surface area contributed by atoms with Gasteiger partial charge in [-0.1, -0.05) is 18.2 Å². The van der Waals surface area contributed by atoms with Crippen LogP contribution in [0.25, 0.3) is 11.1 Å². The molecule has 0 radical (unpaired) electrons. The van der Waals surface area contributed by atoms with Crippen LogP contribution in [0.3, 0.4) is 0 Å². The zero-order valence-electron chi connectivity index (χ0n) is 16.9. The molecule has 0 saturated heterocycles. The molecule has 2 heterocycles. The number of amides is 2. The van der Waals surface area contributed by atoms with Gasteiger partial charge in [0.25, 0.3) is 5.91 Å². The molecule has 1 aliphatic rings. The molecule has 3 aromatic rings. The van der Waals surface area contributed by atoms with E-state index in [1.54, 1.807) is 43.2 Å². The van der Waals surface area contributed by atoms with Gasteiger partial charge in [0.05, 0.1) is 26.3 Å². The number of nitrogens with zero attached hydrogens (tertiary/aromatic N) is 2. The summed E-state index contributed by atoms with van der Waals surface area (Å²) in [7, 11) is 3.17. The van der Waals surface area contributed by atoms with Crippen molar-refractivity contribution in [3.05, 3.63) is 54.2 Å². The second-order valence-corrected chi connectivity index (χ2v) is 6.97. The van der Waals surface area contributed by atoms with Gasteiger partial charge in [-0.2, -0.15) is 5.10 Å². The fraction of sp³-hybridized carbons (Fsp3) is 0.227. The lowest BCUT2D eigenvalue weighted by Crippen LogP contribution is -2.23. The van der Waals surface area contributed by atoms with Crippen LogP contribution in [0.1, 0.15) is 18.2 Å². The van der Waals surface area contributed by atoms with E-state index in [0.29, 0.717) is 23.0 Å². The molecular weight excluding hydrogens is 384 g/mol. The number of benzene rings is 2. The Balaban J connectivity index is 1.57. The summed E-state index contributed by atoms with van der Waals surface area (Å²) in [6.07, 6.45) is -0.0330. The lowest BCUT2D eigenvalue weighted by molar-refractivity contribution is -0.123. The summed E-state index contributed by atoms with van der Waals surface area (Å²) in [5.74, 6) is 1.39. The quantitative estimate of drug-likeness (QED) is 0.654. The maximum atomic E-state index is 12.6. The molecule has 1 atom stereocenters. The Morgan fingerprint density at radius 1 is 1.13 bits per heavy atom. The van der Waals surface area contributed by atoms with E-state index in [9.17, 15) is 9.59 Å². The minimum Gasteiger partial charge on any atom is -0.497 e. The molecule has 8 nitrogen and oxygen atoms in total. The van der Waals surface area contributed by atoms with Crippen LogP contribution >= 0.6 is 0 Å². The first-order chi connectivity index (χ1) is 14.5. The van der Waals surface area contributed by atoms with E-state index in [0.717, 1.165) is 16.8 Å². The molecule has 0 saturated carbocycles. The van der Waals surface area contributed by atoms with Crippen LogP contribution in [-0.4, -0.2) is 35.8 Å². The fourth-order valence-corrected chi connectivity index (χ4v) is 3.60. The molecule has 1 aliphatic heterocycles. The number of carbonyl (C=O) groups is 2. The van der Waals surface area contributed by atoms with Crippen LogP contribution in [0.15, 0.2) is 48.5 Å². The first kappa shape index (κ1) is 19.5. The van der Waals surface area contributed by atoms with Crippen LogP contribution in [0.2, 0.25) is 0 Å². The van der Waals surface area contributed by atoms with Crippen molar-refractivity contribution in [3.63, 3.8) is 0 Å². The number of aromatic nitrogens is 2. The third-order valence-corrected chi connectivity index (χ3v) is 5.02. The van der Waals surface area contributed by atoms with E-state index in [4.69, 9.17) is 9.47 Å². The molecule has 0 bridgehead atoms. The third-order valence-electron chi connectivity index (χ3n) is 5.02. The van der Waals surface area contributed by atoms with E-state index in [1.807, 2.05) is 31.2 Å². The minimum atomic E-state index is -0.719. The van der Waals surface area contributed by atoms with Crippen LogP contribution in [0.4, 0.5) is 11.5 Å². The maximum Gasteiger partial charge on any atom is 0.251 e. The Hall–Kier alpha value is -3.81. The molecule has 2 N–H and O–H groups in total. The number of anilines is 2. The zero-order valence-corrected chi connectivity index (χ0v) is 16.9. The van der Waals surface area contributed by atoms with E-state index >= 15 is 0 Å². The van der Waals surface area contributed by atoms with E-state index < -0.39 is 6.04 Å². The summed E-state index contributed by atoms with van der Waals surface area (Å²) in [6, 6.07) is 13.9. The smallest absolute Gasteiger partial charge is 0.251 e. The number of carbonyl (C=O) groups excluding carboxylic acids is 2. The van der Waals surface area contributed by atoms with Gasteiger partial charge in [0.1, 0.15) is 23.4 Å². The highest BCUT2D eigenvalue weighted by Gasteiger charge is 2.36. The number of fused-ring (bicyclic) bond motifs is 1. The number of hydrogen-bond donors (Lipinski definition) is 2. The van der Waals surface area contributed by atoms with Crippen molar-refractivity contribution in [2.24, 2.45) is 0 Å². The normalized spacial score (nSPS) is 14.8. The molecule has 0 spiro atoms. The van der Waals surface area contributed by atoms with Gasteiger partial charge >= 0.3 is 0 Å². The summed E-state index contributed by atoms with van der Waals surface area (Å²) in [4.78, 5) is 25.2. The molecule has 2 aromatic carbocycles. The molecule has 8 heteroatoms. The van der Waals surface area contributed by atoms with E-state index in [1.165, 1.54) is 0 Å². The second kappa shape index (κ2) is 7.90. The molecule has 0 aliphatic carbocycles. The van der Waals surface area contributed by atoms with Gasteiger partial charge in [-0.25, -0.2) is 4.68 Å². The van der Waals surface area contributed by atoms with Gasteiger partial charge in [0.2, 0.25) is 5.91 Å². The van der Waals surface area contributed by atoms with Crippen molar-refractivity contribution in [2.45, 2.75) is 19.4 Å². The molecule has 4 rings (SSSR count). The summed E-state index contributed by atoms with van der Waals surface area (Å²) in [5.41, 5.74) is 3.07. The number of rotatable bonds is 6. The lowest BCUT2D eigenvalue weighted by atomic mass is 10.1. The summed E-state index contributed by atoms with van der Waals surface area (Å²) in [6.45, 7) is 1.87. The largest absolute Gasteiger partial charge is 0.497 e. The first-order valence-electron chi connectivity index (χ1n) is 9.48. The van der Waals surface area contributed by atoms with Gasteiger partial charge in [0, 0.05) is 17.3 Å². The highest BCUT2D eigenvalue weighted by molar-refractivity contribution is 6.04. The average Bonchev–Trinajstić information content (AvgIpc) is 3.21. The van der Waals surface area contributed by atoms with Crippen molar-refractivity contribution in [3.8, 4) is 22.6 Å². The molecular formula is C22H22N4O4. The van der Waals surface area contributed by atoms with Crippen LogP contribution in [0, 0.1) is 6.92 Å². The number of hydrogen-bond acceptors (Lipinski definition) is 5. The lowest BCUT2D eigenvalue weighted by Gasteiger charge is -2.10. The van der Waals surface area contributed by atoms with Crippen LogP contribution < -0.4 is 20.1 Å². The number of ether oxygens (including phenoxy) is 2. The van der Waals surface area contributed by atoms with E-state index in [2.05, 4.69) is 15.7 Å². The minimum absolute atomic E-state index is 0.0330.